The van der Waals surface area contributed by atoms with Gasteiger partial charge in [-0.05, 0) is 12.5 Å². The van der Waals surface area contributed by atoms with Crippen molar-refractivity contribution in [1.82, 2.24) is 24.8 Å². The highest BCUT2D eigenvalue weighted by atomic mass is 16.5. The fourth-order valence-electron chi connectivity index (χ4n) is 3.29. The van der Waals surface area contributed by atoms with Gasteiger partial charge in [0.05, 0.1) is 18.9 Å². The summed E-state index contributed by atoms with van der Waals surface area (Å²) in [4.78, 5) is 22.1. The fourth-order valence-corrected chi connectivity index (χ4v) is 3.29. The number of hydrogen-bond donors (Lipinski definition) is 1. The SMILES string of the molecule is c1cnc(CN2CCC(Nc3ccnc(N4CCOCC4)n3)C2)cn1. The van der Waals surface area contributed by atoms with E-state index < -0.39 is 0 Å². The number of nitrogens with zero attached hydrogens (tertiary/aromatic N) is 6. The molecule has 2 fully saturated rings. The van der Waals surface area contributed by atoms with Crippen molar-refractivity contribution in [3.8, 4) is 0 Å². The molecular formula is C17H23N7O. The van der Waals surface area contributed by atoms with Crippen LogP contribution < -0.4 is 10.2 Å². The Kier molecular flexibility index (Phi) is 4.98. The molecule has 0 saturated carbocycles. The van der Waals surface area contributed by atoms with E-state index in [1.807, 2.05) is 18.5 Å². The third kappa shape index (κ3) is 4.21. The summed E-state index contributed by atoms with van der Waals surface area (Å²) in [6.45, 7) is 6.04. The van der Waals surface area contributed by atoms with Gasteiger partial charge in [-0.15, -0.1) is 0 Å². The summed E-state index contributed by atoms with van der Waals surface area (Å²) >= 11 is 0. The highest BCUT2D eigenvalue weighted by molar-refractivity contribution is 5.42. The van der Waals surface area contributed by atoms with Crippen LogP contribution in [0.5, 0.6) is 0 Å². The number of ether oxygens (including phenoxy) is 1. The first kappa shape index (κ1) is 16.2. The van der Waals surface area contributed by atoms with Crippen molar-refractivity contribution in [3.05, 3.63) is 36.5 Å². The Bertz CT molecular complexity index is 678. The van der Waals surface area contributed by atoms with Crippen molar-refractivity contribution in [2.45, 2.75) is 19.0 Å². The summed E-state index contributed by atoms with van der Waals surface area (Å²) in [5, 5.41) is 3.55. The van der Waals surface area contributed by atoms with Crippen molar-refractivity contribution in [2.24, 2.45) is 0 Å². The van der Waals surface area contributed by atoms with Gasteiger partial charge in [0.1, 0.15) is 5.82 Å². The number of aromatic nitrogens is 4. The molecule has 0 bridgehead atoms. The number of rotatable bonds is 5. The fraction of sp³-hybridized carbons (Fsp3) is 0.529. The molecule has 1 N–H and O–H groups in total. The van der Waals surface area contributed by atoms with Crippen molar-refractivity contribution in [3.63, 3.8) is 0 Å². The Balaban J connectivity index is 1.33. The van der Waals surface area contributed by atoms with Crippen LogP contribution in [0.25, 0.3) is 0 Å². The number of nitrogens with one attached hydrogen (secondary N) is 1. The molecule has 2 aromatic heterocycles. The van der Waals surface area contributed by atoms with E-state index in [1.54, 1.807) is 12.4 Å². The minimum atomic E-state index is 0.393. The van der Waals surface area contributed by atoms with Crippen LogP contribution in [-0.4, -0.2) is 70.3 Å². The molecule has 8 nitrogen and oxygen atoms in total. The first-order chi connectivity index (χ1) is 12.4. The van der Waals surface area contributed by atoms with Gasteiger partial charge in [0.15, 0.2) is 0 Å². The van der Waals surface area contributed by atoms with Gasteiger partial charge in [0.25, 0.3) is 0 Å². The lowest BCUT2D eigenvalue weighted by molar-refractivity contribution is 0.122. The molecule has 1 unspecified atom stereocenters. The molecule has 1 atom stereocenters. The lowest BCUT2D eigenvalue weighted by Crippen LogP contribution is -2.37. The van der Waals surface area contributed by atoms with Crippen LogP contribution in [0, 0.1) is 0 Å². The molecule has 2 saturated heterocycles. The van der Waals surface area contributed by atoms with Gasteiger partial charge in [-0.3, -0.25) is 14.9 Å². The third-order valence-electron chi connectivity index (χ3n) is 4.56. The van der Waals surface area contributed by atoms with Crippen LogP contribution >= 0.6 is 0 Å². The third-order valence-corrected chi connectivity index (χ3v) is 4.56. The van der Waals surface area contributed by atoms with Crippen LogP contribution in [-0.2, 0) is 11.3 Å². The molecule has 2 aliphatic rings. The minimum Gasteiger partial charge on any atom is -0.378 e. The smallest absolute Gasteiger partial charge is 0.227 e. The normalized spacial score (nSPS) is 21.4. The topological polar surface area (TPSA) is 79.3 Å². The Morgan fingerprint density at radius 3 is 2.88 bits per heavy atom. The second-order valence-electron chi connectivity index (χ2n) is 6.40. The standard InChI is InChI=1S/C17H23N7O/c1-3-20-17(24-7-9-25-10-8-24)22-16(1)21-14-2-6-23(12-14)13-15-11-18-4-5-19-15/h1,3-5,11,14H,2,6-10,12-13H2,(H,20,21,22). The maximum atomic E-state index is 5.39. The first-order valence-electron chi connectivity index (χ1n) is 8.76. The average Bonchev–Trinajstić information content (AvgIpc) is 3.10. The van der Waals surface area contributed by atoms with Gasteiger partial charge < -0.3 is 15.0 Å². The van der Waals surface area contributed by atoms with Crippen LogP contribution in [0.1, 0.15) is 12.1 Å². The summed E-state index contributed by atoms with van der Waals surface area (Å²) in [5.41, 5.74) is 1.01. The van der Waals surface area contributed by atoms with Gasteiger partial charge in [0.2, 0.25) is 5.95 Å². The molecule has 4 rings (SSSR count). The highest BCUT2D eigenvalue weighted by Gasteiger charge is 2.23. The molecule has 25 heavy (non-hydrogen) atoms. The van der Waals surface area contributed by atoms with E-state index in [0.717, 1.165) is 69.8 Å². The Morgan fingerprint density at radius 2 is 2.04 bits per heavy atom. The average molecular weight is 341 g/mol. The molecule has 0 spiro atoms. The van der Waals surface area contributed by atoms with Gasteiger partial charge in [-0.25, -0.2) is 4.98 Å². The van der Waals surface area contributed by atoms with Crippen molar-refractivity contribution in [1.29, 1.82) is 0 Å². The molecule has 4 heterocycles. The van der Waals surface area contributed by atoms with Crippen LogP contribution in [0.3, 0.4) is 0 Å². The molecule has 0 aromatic carbocycles. The second kappa shape index (κ2) is 7.71. The molecular weight excluding hydrogens is 318 g/mol. The monoisotopic (exact) mass is 341 g/mol. The van der Waals surface area contributed by atoms with E-state index in [9.17, 15) is 0 Å². The zero-order chi connectivity index (χ0) is 16.9. The van der Waals surface area contributed by atoms with Crippen LogP contribution in [0.2, 0.25) is 0 Å². The predicted molar refractivity (Wildman–Crippen MR) is 94.4 cm³/mol. The lowest BCUT2D eigenvalue weighted by Gasteiger charge is -2.27. The summed E-state index contributed by atoms with van der Waals surface area (Å²) in [6, 6.07) is 2.33. The Morgan fingerprint density at radius 1 is 1.12 bits per heavy atom. The number of anilines is 2. The predicted octanol–water partition coefficient (Wildman–Crippen LogP) is 0.790. The Hall–Kier alpha value is -2.32. The number of hydrogen-bond acceptors (Lipinski definition) is 8. The number of likely N-dealkylation sites (tertiary alicyclic amines) is 1. The zero-order valence-electron chi connectivity index (χ0n) is 14.2. The lowest BCUT2D eigenvalue weighted by atomic mass is 10.2. The van der Waals surface area contributed by atoms with Gasteiger partial charge in [-0.1, -0.05) is 0 Å². The molecule has 2 aliphatic heterocycles. The number of morpholine rings is 1. The summed E-state index contributed by atoms with van der Waals surface area (Å²) in [7, 11) is 0. The molecule has 8 heteroatoms. The summed E-state index contributed by atoms with van der Waals surface area (Å²) in [6.07, 6.45) is 8.21. The van der Waals surface area contributed by atoms with E-state index in [2.05, 4.69) is 35.1 Å². The molecule has 2 aromatic rings. The largest absolute Gasteiger partial charge is 0.378 e. The minimum absolute atomic E-state index is 0.393. The van der Waals surface area contributed by atoms with E-state index in [4.69, 9.17) is 4.74 Å². The summed E-state index contributed by atoms with van der Waals surface area (Å²) in [5.74, 6) is 1.67. The maximum absolute atomic E-state index is 5.39. The molecule has 132 valence electrons. The van der Waals surface area contributed by atoms with E-state index in [-0.39, 0.29) is 0 Å². The van der Waals surface area contributed by atoms with Gasteiger partial charge in [-0.2, -0.15) is 4.98 Å². The molecule has 0 amide bonds. The quantitative estimate of drug-likeness (QED) is 0.855. The van der Waals surface area contributed by atoms with E-state index in [1.165, 1.54) is 0 Å². The van der Waals surface area contributed by atoms with Gasteiger partial charge >= 0.3 is 0 Å². The van der Waals surface area contributed by atoms with E-state index in [0.29, 0.717) is 6.04 Å². The Labute approximate surface area is 147 Å². The second-order valence-corrected chi connectivity index (χ2v) is 6.40. The highest BCUT2D eigenvalue weighted by Crippen LogP contribution is 2.18. The van der Waals surface area contributed by atoms with Gasteiger partial charge in [0, 0.05) is 63.6 Å². The van der Waals surface area contributed by atoms with Crippen molar-refractivity contribution in [2.75, 3.05) is 49.6 Å². The first-order valence-corrected chi connectivity index (χ1v) is 8.76. The van der Waals surface area contributed by atoms with E-state index >= 15 is 0 Å². The maximum Gasteiger partial charge on any atom is 0.227 e. The van der Waals surface area contributed by atoms with Crippen molar-refractivity contribution >= 4 is 11.8 Å². The molecule has 0 aliphatic carbocycles. The van der Waals surface area contributed by atoms with Crippen LogP contribution in [0.4, 0.5) is 11.8 Å². The van der Waals surface area contributed by atoms with Crippen molar-refractivity contribution < 1.29 is 4.74 Å². The molecule has 0 radical (unpaired) electrons. The zero-order valence-corrected chi connectivity index (χ0v) is 14.2. The summed E-state index contributed by atoms with van der Waals surface area (Å²) < 4.78 is 5.39. The van der Waals surface area contributed by atoms with Crippen LogP contribution in [0.15, 0.2) is 30.9 Å².